The summed E-state index contributed by atoms with van der Waals surface area (Å²) >= 11 is 6.20. The highest BCUT2D eigenvalue weighted by molar-refractivity contribution is 6.31. The molecule has 0 spiro atoms. The van der Waals surface area contributed by atoms with Crippen molar-refractivity contribution in [2.75, 3.05) is 6.54 Å². The molecule has 2 N–H and O–H groups in total. The molecule has 0 fully saturated rings. The summed E-state index contributed by atoms with van der Waals surface area (Å²) in [6.07, 6.45) is 4.83. The minimum Gasteiger partial charge on any atom is -0.330 e. The average molecular weight is 278 g/mol. The first-order valence-corrected chi connectivity index (χ1v) is 6.99. The van der Waals surface area contributed by atoms with E-state index in [1.807, 2.05) is 36.1 Å². The maximum absolute atomic E-state index is 6.20. The van der Waals surface area contributed by atoms with Crippen molar-refractivity contribution in [1.82, 2.24) is 9.78 Å². The van der Waals surface area contributed by atoms with Gasteiger partial charge in [0.1, 0.15) is 0 Å². The summed E-state index contributed by atoms with van der Waals surface area (Å²) in [4.78, 5) is 0. The number of benzene rings is 1. The minimum atomic E-state index is 0.454. The van der Waals surface area contributed by atoms with Gasteiger partial charge in [-0.05, 0) is 49.4 Å². The molecule has 1 atom stereocenters. The molecule has 4 heteroatoms. The number of aryl methyl sites for hydroxylation is 2. The zero-order chi connectivity index (χ0) is 13.7. The van der Waals surface area contributed by atoms with Crippen LogP contribution in [0.2, 0.25) is 5.02 Å². The zero-order valence-electron chi connectivity index (χ0n) is 11.2. The highest BCUT2D eigenvalue weighted by atomic mass is 35.5. The summed E-state index contributed by atoms with van der Waals surface area (Å²) in [6, 6.07) is 10.1. The van der Waals surface area contributed by atoms with Gasteiger partial charge in [-0.1, -0.05) is 29.8 Å². The van der Waals surface area contributed by atoms with Crippen LogP contribution in [0.15, 0.2) is 36.5 Å². The molecule has 1 aromatic heterocycles. The van der Waals surface area contributed by atoms with E-state index >= 15 is 0 Å². The summed E-state index contributed by atoms with van der Waals surface area (Å²) in [6.45, 7) is 0.684. The zero-order valence-corrected chi connectivity index (χ0v) is 12.0. The summed E-state index contributed by atoms with van der Waals surface area (Å²) in [5.74, 6) is 0.454. The van der Waals surface area contributed by atoms with E-state index in [-0.39, 0.29) is 0 Å². The Bertz CT molecular complexity index is 522. The Balaban J connectivity index is 1.94. The third kappa shape index (κ3) is 3.82. The van der Waals surface area contributed by atoms with Crippen LogP contribution in [0.4, 0.5) is 0 Å². The molecule has 19 heavy (non-hydrogen) atoms. The lowest BCUT2D eigenvalue weighted by molar-refractivity contribution is 0.485. The summed E-state index contributed by atoms with van der Waals surface area (Å²) in [7, 11) is 1.97. The van der Waals surface area contributed by atoms with Crippen LogP contribution in [0, 0.1) is 5.92 Å². The fourth-order valence-electron chi connectivity index (χ4n) is 2.28. The molecule has 2 rings (SSSR count). The lowest BCUT2D eigenvalue weighted by Gasteiger charge is -2.15. The van der Waals surface area contributed by atoms with Crippen molar-refractivity contribution in [2.24, 2.45) is 18.7 Å². The van der Waals surface area contributed by atoms with Gasteiger partial charge in [-0.2, -0.15) is 5.10 Å². The van der Waals surface area contributed by atoms with Crippen molar-refractivity contribution in [2.45, 2.75) is 19.3 Å². The molecule has 0 bridgehead atoms. The van der Waals surface area contributed by atoms with Crippen molar-refractivity contribution in [3.8, 4) is 0 Å². The molecule has 1 heterocycles. The smallest absolute Gasteiger partial charge is 0.0492 e. The Morgan fingerprint density at radius 3 is 2.74 bits per heavy atom. The third-order valence-electron chi connectivity index (χ3n) is 3.53. The van der Waals surface area contributed by atoms with Crippen LogP contribution < -0.4 is 5.73 Å². The van der Waals surface area contributed by atoms with Gasteiger partial charge in [0, 0.05) is 24.0 Å². The van der Waals surface area contributed by atoms with Crippen molar-refractivity contribution in [3.63, 3.8) is 0 Å². The maximum Gasteiger partial charge on any atom is 0.0492 e. The number of rotatable bonds is 6. The number of nitrogens with zero attached hydrogens (tertiary/aromatic N) is 2. The van der Waals surface area contributed by atoms with Crippen molar-refractivity contribution >= 4 is 11.6 Å². The topological polar surface area (TPSA) is 43.8 Å². The van der Waals surface area contributed by atoms with Crippen molar-refractivity contribution < 1.29 is 0 Å². The second-order valence-corrected chi connectivity index (χ2v) is 5.29. The molecule has 0 radical (unpaired) electrons. The fourth-order valence-corrected chi connectivity index (χ4v) is 2.49. The molecule has 1 aromatic carbocycles. The van der Waals surface area contributed by atoms with Gasteiger partial charge in [-0.3, -0.25) is 4.68 Å². The molecular formula is C15H20ClN3. The standard InChI is InChI=1S/C15H20ClN3/c1-19-14(8-9-18-19)7-6-12(11-17)10-13-4-2-3-5-15(13)16/h2-5,8-9,12H,6-7,10-11,17H2,1H3. The summed E-state index contributed by atoms with van der Waals surface area (Å²) < 4.78 is 1.92. The lowest BCUT2D eigenvalue weighted by Crippen LogP contribution is -2.18. The van der Waals surface area contributed by atoms with Crippen LogP contribution in [0.1, 0.15) is 17.7 Å². The number of nitrogens with two attached hydrogens (primary N) is 1. The molecule has 0 aliphatic heterocycles. The van der Waals surface area contributed by atoms with Crippen LogP contribution in [0.5, 0.6) is 0 Å². The highest BCUT2D eigenvalue weighted by Gasteiger charge is 2.11. The predicted molar refractivity (Wildman–Crippen MR) is 79.2 cm³/mol. The molecule has 0 aliphatic rings. The molecule has 1 unspecified atom stereocenters. The first-order valence-electron chi connectivity index (χ1n) is 6.61. The van der Waals surface area contributed by atoms with E-state index in [1.165, 1.54) is 11.3 Å². The highest BCUT2D eigenvalue weighted by Crippen LogP contribution is 2.21. The number of halogens is 1. The van der Waals surface area contributed by atoms with Crippen LogP contribution in [-0.4, -0.2) is 16.3 Å². The van der Waals surface area contributed by atoms with Crippen LogP contribution in [0.3, 0.4) is 0 Å². The molecule has 0 amide bonds. The number of hydrogen-bond acceptors (Lipinski definition) is 2. The van der Waals surface area contributed by atoms with Gasteiger partial charge in [0.2, 0.25) is 0 Å². The lowest BCUT2D eigenvalue weighted by atomic mass is 9.94. The largest absolute Gasteiger partial charge is 0.330 e. The molecule has 3 nitrogen and oxygen atoms in total. The van der Waals surface area contributed by atoms with Gasteiger partial charge >= 0.3 is 0 Å². The van der Waals surface area contributed by atoms with Crippen LogP contribution in [0.25, 0.3) is 0 Å². The second kappa shape index (κ2) is 6.73. The van der Waals surface area contributed by atoms with Gasteiger partial charge in [0.25, 0.3) is 0 Å². The molecule has 102 valence electrons. The van der Waals surface area contributed by atoms with E-state index in [4.69, 9.17) is 17.3 Å². The first kappa shape index (κ1) is 14.1. The Hall–Kier alpha value is -1.32. The summed E-state index contributed by atoms with van der Waals surface area (Å²) in [5.41, 5.74) is 8.32. The molecule has 0 saturated carbocycles. The average Bonchev–Trinajstić information content (AvgIpc) is 2.82. The summed E-state index contributed by atoms with van der Waals surface area (Å²) in [5, 5.41) is 5.02. The minimum absolute atomic E-state index is 0.454. The fraction of sp³-hybridized carbons (Fsp3) is 0.400. The van der Waals surface area contributed by atoms with Crippen LogP contribution in [-0.2, 0) is 19.9 Å². The van der Waals surface area contributed by atoms with Crippen molar-refractivity contribution in [1.29, 1.82) is 0 Å². The number of hydrogen-bond donors (Lipinski definition) is 1. The Morgan fingerprint density at radius 2 is 2.11 bits per heavy atom. The Kier molecular flexibility index (Phi) is 5.00. The predicted octanol–water partition coefficient (Wildman–Crippen LogP) is 2.82. The van der Waals surface area contributed by atoms with E-state index < -0.39 is 0 Å². The monoisotopic (exact) mass is 277 g/mol. The molecular weight excluding hydrogens is 258 g/mol. The van der Waals surface area contributed by atoms with Crippen molar-refractivity contribution in [3.05, 3.63) is 52.8 Å². The van der Waals surface area contributed by atoms with Gasteiger partial charge in [-0.25, -0.2) is 0 Å². The third-order valence-corrected chi connectivity index (χ3v) is 3.90. The van der Waals surface area contributed by atoms with E-state index in [0.29, 0.717) is 12.5 Å². The number of aromatic nitrogens is 2. The van der Waals surface area contributed by atoms with E-state index in [2.05, 4.69) is 17.2 Å². The Labute approximate surface area is 119 Å². The van der Waals surface area contributed by atoms with Gasteiger partial charge in [0.15, 0.2) is 0 Å². The molecule has 0 saturated heterocycles. The SMILES string of the molecule is Cn1nccc1CCC(CN)Cc1ccccc1Cl. The van der Waals surface area contributed by atoms with E-state index in [1.54, 1.807) is 0 Å². The quantitative estimate of drug-likeness (QED) is 0.882. The van der Waals surface area contributed by atoms with E-state index in [0.717, 1.165) is 24.3 Å². The normalized spacial score (nSPS) is 12.6. The first-order chi connectivity index (χ1) is 9.20. The van der Waals surface area contributed by atoms with Gasteiger partial charge in [-0.15, -0.1) is 0 Å². The van der Waals surface area contributed by atoms with Crippen LogP contribution >= 0.6 is 11.6 Å². The van der Waals surface area contributed by atoms with Gasteiger partial charge < -0.3 is 5.73 Å². The van der Waals surface area contributed by atoms with Gasteiger partial charge in [0.05, 0.1) is 0 Å². The molecule has 2 aromatic rings. The molecule has 0 aliphatic carbocycles. The maximum atomic E-state index is 6.20. The Morgan fingerprint density at radius 1 is 1.32 bits per heavy atom. The van der Waals surface area contributed by atoms with E-state index in [9.17, 15) is 0 Å². The second-order valence-electron chi connectivity index (χ2n) is 4.88.